The Morgan fingerprint density at radius 2 is 2.36 bits per heavy atom. The van der Waals surface area contributed by atoms with Crippen molar-refractivity contribution in [2.24, 2.45) is 11.7 Å². The van der Waals surface area contributed by atoms with Crippen molar-refractivity contribution < 1.29 is 9.18 Å². The molecule has 1 atom stereocenters. The number of halogens is 1. The highest BCUT2D eigenvalue weighted by Crippen LogP contribution is 2.33. The summed E-state index contributed by atoms with van der Waals surface area (Å²) in [5, 5.41) is 0. The van der Waals surface area contributed by atoms with Crippen LogP contribution in [0.1, 0.15) is 10.4 Å². The highest BCUT2D eigenvalue weighted by Gasteiger charge is 2.29. The van der Waals surface area contributed by atoms with E-state index in [-0.39, 0.29) is 17.3 Å². The number of rotatable bonds is 1. The van der Waals surface area contributed by atoms with Crippen LogP contribution in [-0.4, -0.2) is 18.1 Å². The minimum absolute atomic E-state index is 0.153. The Kier molecular flexibility index (Phi) is 2.56. The van der Waals surface area contributed by atoms with E-state index in [1.54, 1.807) is 12.1 Å². The fourth-order valence-corrected chi connectivity index (χ4v) is 2.69. The molecule has 2 rings (SSSR count). The van der Waals surface area contributed by atoms with E-state index in [1.807, 2.05) is 0 Å². The fraction of sp³-hybridized carbons (Fsp3) is 0.300. The van der Waals surface area contributed by atoms with Crippen LogP contribution >= 0.6 is 11.8 Å². The van der Waals surface area contributed by atoms with Crippen molar-refractivity contribution >= 4 is 17.5 Å². The molecule has 0 amide bonds. The lowest BCUT2D eigenvalue weighted by Crippen LogP contribution is -2.29. The monoisotopic (exact) mass is 211 g/mol. The number of thioether (sulfide) groups is 1. The normalized spacial score (nSPS) is 20.7. The number of hydrogen-bond acceptors (Lipinski definition) is 3. The maximum atomic E-state index is 13.4. The zero-order valence-electron chi connectivity index (χ0n) is 7.50. The van der Waals surface area contributed by atoms with Gasteiger partial charge in [0.1, 0.15) is 5.82 Å². The van der Waals surface area contributed by atoms with Gasteiger partial charge in [0.2, 0.25) is 0 Å². The molecule has 0 bridgehead atoms. The molecule has 0 aliphatic carbocycles. The molecule has 4 heteroatoms. The zero-order valence-corrected chi connectivity index (χ0v) is 8.31. The minimum atomic E-state index is -0.432. The first-order valence-electron chi connectivity index (χ1n) is 4.39. The lowest BCUT2D eigenvalue weighted by atomic mass is 9.98. The molecular weight excluding hydrogens is 201 g/mol. The number of fused-ring (bicyclic) bond motifs is 1. The summed E-state index contributed by atoms with van der Waals surface area (Å²) in [5.41, 5.74) is 5.67. The zero-order chi connectivity index (χ0) is 10.1. The molecule has 1 unspecified atom stereocenters. The Bertz CT molecular complexity index is 380. The SMILES string of the molecule is NCC1CSc2cccc(F)c2C1=O. The molecule has 2 N–H and O–H groups in total. The summed E-state index contributed by atoms with van der Waals surface area (Å²) in [6.07, 6.45) is 0. The van der Waals surface area contributed by atoms with E-state index in [4.69, 9.17) is 5.73 Å². The predicted molar refractivity (Wildman–Crippen MR) is 54.0 cm³/mol. The number of carbonyl (C=O) groups excluding carboxylic acids is 1. The Morgan fingerprint density at radius 3 is 3.07 bits per heavy atom. The number of ketones is 1. The lowest BCUT2D eigenvalue weighted by Gasteiger charge is -2.21. The molecule has 1 heterocycles. The van der Waals surface area contributed by atoms with E-state index < -0.39 is 5.82 Å². The summed E-state index contributed by atoms with van der Waals surface area (Å²) in [5.74, 6) is -0.159. The van der Waals surface area contributed by atoms with Crippen LogP contribution in [0.25, 0.3) is 0 Å². The van der Waals surface area contributed by atoms with Gasteiger partial charge < -0.3 is 5.73 Å². The Morgan fingerprint density at radius 1 is 1.57 bits per heavy atom. The number of hydrogen-bond donors (Lipinski definition) is 1. The smallest absolute Gasteiger partial charge is 0.172 e. The van der Waals surface area contributed by atoms with Gasteiger partial charge >= 0.3 is 0 Å². The van der Waals surface area contributed by atoms with E-state index in [1.165, 1.54) is 17.8 Å². The molecule has 1 aromatic rings. The van der Waals surface area contributed by atoms with Crippen molar-refractivity contribution in [1.29, 1.82) is 0 Å². The van der Waals surface area contributed by atoms with Gasteiger partial charge in [-0.15, -0.1) is 11.8 Å². The van der Waals surface area contributed by atoms with Crippen LogP contribution < -0.4 is 5.73 Å². The molecule has 2 nitrogen and oxygen atoms in total. The molecule has 0 saturated carbocycles. The third kappa shape index (κ3) is 1.44. The van der Waals surface area contributed by atoms with E-state index >= 15 is 0 Å². The lowest BCUT2D eigenvalue weighted by molar-refractivity contribution is 0.0926. The number of carbonyl (C=O) groups is 1. The molecule has 1 aliphatic rings. The van der Waals surface area contributed by atoms with Crippen molar-refractivity contribution in [2.45, 2.75) is 4.90 Å². The van der Waals surface area contributed by atoms with Crippen LogP contribution in [-0.2, 0) is 0 Å². The molecule has 0 aromatic heterocycles. The van der Waals surface area contributed by atoms with Gasteiger partial charge in [0.25, 0.3) is 0 Å². The molecule has 14 heavy (non-hydrogen) atoms. The van der Waals surface area contributed by atoms with E-state index in [0.29, 0.717) is 12.3 Å². The third-order valence-electron chi connectivity index (χ3n) is 2.32. The highest BCUT2D eigenvalue weighted by atomic mass is 32.2. The molecule has 0 radical (unpaired) electrons. The van der Waals surface area contributed by atoms with Crippen LogP contribution in [0.5, 0.6) is 0 Å². The first kappa shape index (κ1) is 9.68. The summed E-state index contributed by atoms with van der Waals surface area (Å²) >= 11 is 1.50. The number of benzene rings is 1. The molecule has 0 saturated heterocycles. The van der Waals surface area contributed by atoms with Gasteiger partial charge in [0.05, 0.1) is 5.56 Å². The second-order valence-corrected chi connectivity index (χ2v) is 4.28. The largest absolute Gasteiger partial charge is 0.330 e. The van der Waals surface area contributed by atoms with Crippen LogP contribution in [0.3, 0.4) is 0 Å². The summed E-state index contributed by atoms with van der Waals surface area (Å²) < 4.78 is 13.4. The van der Waals surface area contributed by atoms with E-state index in [0.717, 1.165) is 4.90 Å². The van der Waals surface area contributed by atoms with Crippen molar-refractivity contribution in [3.05, 3.63) is 29.6 Å². The molecule has 1 aromatic carbocycles. The maximum Gasteiger partial charge on any atom is 0.172 e. The quantitative estimate of drug-likeness (QED) is 0.768. The molecule has 74 valence electrons. The van der Waals surface area contributed by atoms with Crippen LogP contribution in [0.15, 0.2) is 23.1 Å². The summed E-state index contributed by atoms with van der Waals surface area (Å²) in [7, 11) is 0. The van der Waals surface area contributed by atoms with Gasteiger partial charge in [0.15, 0.2) is 5.78 Å². The Labute approximate surface area is 85.7 Å². The van der Waals surface area contributed by atoms with Gasteiger partial charge in [-0.2, -0.15) is 0 Å². The second kappa shape index (κ2) is 3.71. The number of nitrogens with two attached hydrogens (primary N) is 1. The van der Waals surface area contributed by atoms with Gasteiger partial charge in [-0.1, -0.05) is 6.07 Å². The van der Waals surface area contributed by atoms with E-state index in [2.05, 4.69) is 0 Å². The average molecular weight is 211 g/mol. The van der Waals surface area contributed by atoms with Crippen LogP contribution in [0.2, 0.25) is 0 Å². The van der Waals surface area contributed by atoms with Gasteiger partial charge in [-0.25, -0.2) is 4.39 Å². The van der Waals surface area contributed by atoms with Crippen molar-refractivity contribution in [1.82, 2.24) is 0 Å². The topological polar surface area (TPSA) is 43.1 Å². The number of Topliss-reactive ketones (excluding diaryl/α,β-unsaturated/α-hetero) is 1. The molecule has 0 fully saturated rings. The first-order chi connectivity index (χ1) is 6.74. The summed E-state index contributed by atoms with van der Waals surface area (Å²) in [4.78, 5) is 12.5. The highest BCUT2D eigenvalue weighted by molar-refractivity contribution is 7.99. The summed E-state index contributed by atoms with van der Waals surface area (Å²) in [6.45, 7) is 0.291. The van der Waals surface area contributed by atoms with Crippen LogP contribution in [0.4, 0.5) is 4.39 Å². The standard InChI is InChI=1S/C10H10FNOS/c11-7-2-1-3-8-9(7)10(13)6(4-12)5-14-8/h1-3,6H,4-5,12H2. The van der Waals surface area contributed by atoms with Crippen molar-refractivity contribution in [2.75, 3.05) is 12.3 Å². The van der Waals surface area contributed by atoms with Gasteiger partial charge in [-0.3, -0.25) is 4.79 Å². The molecular formula is C10H10FNOS. The molecule has 0 spiro atoms. The van der Waals surface area contributed by atoms with Crippen molar-refractivity contribution in [3.8, 4) is 0 Å². The minimum Gasteiger partial charge on any atom is -0.330 e. The third-order valence-corrected chi connectivity index (χ3v) is 3.54. The Balaban J connectivity index is 2.48. The van der Waals surface area contributed by atoms with Crippen molar-refractivity contribution in [3.63, 3.8) is 0 Å². The summed E-state index contributed by atoms with van der Waals surface area (Å²) in [6, 6.07) is 4.71. The maximum absolute atomic E-state index is 13.4. The Hall–Kier alpha value is -0.870. The first-order valence-corrected chi connectivity index (χ1v) is 5.38. The average Bonchev–Trinajstić information content (AvgIpc) is 2.18. The van der Waals surface area contributed by atoms with Crippen LogP contribution in [0, 0.1) is 11.7 Å². The fourth-order valence-electron chi connectivity index (χ4n) is 1.51. The predicted octanol–water partition coefficient (Wildman–Crippen LogP) is 1.69. The van der Waals surface area contributed by atoms with Gasteiger partial charge in [0, 0.05) is 23.1 Å². The van der Waals surface area contributed by atoms with Gasteiger partial charge in [-0.05, 0) is 12.1 Å². The van der Waals surface area contributed by atoms with E-state index in [9.17, 15) is 9.18 Å². The molecule has 1 aliphatic heterocycles. The second-order valence-electron chi connectivity index (χ2n) is 3.22.